The van der Waals surface area contributed by atoms with Gasteiger partial charge in [0.05, 0.1) is 16.8 Å². The number of carbonyl (C=O) groups is 2. The zero-order valence-electron chi connectivity index (χ0n) is 16.8. The van der Waals surface area contributed by atoms with Crippen LogP contribution in [0.3, 0.4) is 0 Å². The molecule has 2 N–H and O–H groups in total. The van der Waals surface area contributed by atoms with Crippen LogP contribution < -0.4 is 10.6 Å². The Morgan fingerprint density at radius 1 is 1.25 bits per heavy atom. The third-order valence-electron chi connectivity index (χ3n) is 4.79. The van der Waals surface area contributed by atoms with Crippen LogP contribution in [0.25, 0.3) is 21.3 Å². The lowest BCUT2D eigenvalue weighted by Crippen LogP contribution is -2.41. The summed E-state index contributed by atoms with van der Waals surface area (Å²) in [5, 5.41) is 3.34. The molecule has 0 aliphatic heterocycles. The number of hydrogen-bond donors (Lipinski definition) is 2. The zero-order chi connectivity index (χ0) is 23.0. The molecule has 0 saturated heterocycles. The van der Waals surface area contributed by atoms with E-state index in [1.54, 1.807) is 0 Å². The Kier molecular flexibility index (Phi) is 5.91. The predicted octanol–water partition coefficient (Wildman–Crippen LogP) is 2.12. The van der Waals surface area contributed by atoms with Gasteiger partial charge in [0.2, 0.25) is 17.8 Å². The lowest BCUT2D eigenvalue weighted by molar-refractivity contribution is -0.126. The van der Waals surface area contributed by atoms with Crippen molar-refractivity contribution >= 4 is 43.2 Å². The average Bonchev–Trinajstić information content (AvgIpc) is 3.43. The summed E-state index contributed by atoms with van der Waals surface area (Å²) in [6, 6.07) is 5.14. The van der Waals surface area contributed by atoms with Crippen LogP contribution in [0.4, 0.5) is 8.78 Å². The van der Waals surface area contributed by atoms with Crippen molar-refractivity contribution in [2.45, 2.75) is 24.1 Å². The molecule has 0 radical (unpaired) electrons. The van der Waals surface area contributed by atoms with Gasteiger partial charge in [-0.2, -0.15) is 4.39 Å². The summed E-state index contributed by atoms with van der Waals surface area (Å²) >= 11 is 0.923. The molecule has 2 heterocycles. The molecule has 4 rings (SSSR count). The van der Waals surface area contributed by atoms with Crippen LogP contribution in [0.5, 0.6) is 0 Å². The van der Waals surface area contributed by atoms with Gasteiger partial charge in [0, 0.05) is 35.7 Å². The van der Waals surface area contributed by atoms with Gasteiger partial charge in [0.15, 0.2) is 15.1 Å². The molecular weight excluding hydrogens is 462 g/mol. The van der Waals surface area contributed by atoms with E-state index in [1.807, 2.05) is 0 Å². The smallest absolute Gasteiger partial charge is 0.245 e. The Hall–Kier alpha value is -2.99. The number of rotatable bonds is 7. The highest BCUT2D eigenvalue weighted by molar-refractivity contribution is 7.91. The second-order valence-electron chi connectivity index (χ2n) is 7.49. The van der Waals surface area contributed by atoms with Crippen LogP contribution in [-0.2, 0) is 19.4 Å². The third kappa shape index (κ3) is 4.91. The maximum atomic E-state index is 14.6. The zero-order valence-corrected chi connectivity index (χ0v) is 18.4. The highest BCUT2D eigenvalue weighted by Crippen LogP contribution is 2.34. The Labute approximate surface area is 186 Å². The largest absolute Gasteiger partial charge is 0.352 e. The number of benzene rings is 1. The van der Waals surface area contributed by atoms with Crippen LogP contribution in [0.15, 0.2) is 30.5 Å². The van der Waals surface area contributed by atoms with Crippen molar-refractivity contribution in [3.8, 4) is 11.1 Å². The normalized spacial score (nSPS) is 14.8. The fraction of sp³-hybridized carbons (Fsp3) is 0.300. The number of thiazole rings is 1. The number of pyridine rings is 1. The second-order valence-corrected chi connectivity index (χ2v) is 10.7. The summed E-state index contributed by atoms with van der Waals surface area (Å²) in [6.45, 7) is -0.359. The van der Waals surface area contributed by atoms with Crippen molar-refractivity contribution in [2.75, 3.05) is 12.8 Å². The van der Waals surface area contributed by atoms with Crippen molar-refractivity contribution in [3.63, 3.8) is 0 Å². The van der Waals surface area contributed by atoms with Crippen molar-refractivity contribution < 1.29 is 26.8 Å². The monoisotopic (exact) mass is 480 g/mol. The van der Waals surface area contributed by atoms with Crippen LogP contribution in [0.2, 0.25) is 0 Å². The van der Waals surface area contributed by atoms with Gasteiger partial charge in [-0.15, -0.1) is 11.3 Å². The molecule has 1 atom stereocenters. The number of sulfone groups is 1. The summed E-state index contributed by atoms with van der Waals surface area (Å²) in [5.41, 5.74) is 0.645. The Bertz CT molecular complexity index is 1310. The van der Waals surface area contributed by atoms with Gasteiger partial charge in [-0.3, -0.25) is 9.59 Å². The molecule has 1 saturated carbocycles. The average molecular weight is 481 g/mol. The minimum absolute atomic E-state index is 0.0450. The summed E-state index contributed by atoms with van der Waals surface area (Å²) in [6.07, 6.45) is 3.83. The van der Waals surface area contributed by atoms with Crippen molar-refractivity contribution in [1.82, 2.24) is 20.6 Å². The predicted molar refractivity (Wildman–Crippen MR) is 115 cm³/mol. The number of nitrogens with zero attached hydrogens (tertiary/aromatic N) is 2. The molecule has 12 heteroatoms. The molecule has 1 aromatic carbocycles. The number of fused-ring (bicyclic) bond motifs is 1. The molecule has 168 valence electrons. The van der Waals surface area contributed by atoms with E-state index in [1.165, 1.54) is 18.3 Å². The highest BCUT2D eigenvalue weighted by atomic mass is 32.2. The first kappa shape index (κ1) is 22.2. The summed E-state index contributed by atoms with van der Waals surface area (Å²) < 4.78 is 52.9. The quantitative estimate of drug-likeness (QED) is 0.500. The maximum absolute atomic E-state index is 14.6. The molecule has 3 aromatic rings. The standard InChI is InChI=1S/C20H18F2N4O4S2/c1-32(29,30)18(19(28)24-9-17(27)25-11-3-4-11)20-26-14-7-13(21)12(6-15(14)31-20)10-2-5-16(22)23-8-10/h2,5-8,11,18H,3-4,9H2,1H3,(H,24,28)(H,25,27). The van der Waals surface area contributed by atoms with E-state index >= 15 is 0 Å². The van der Waals surface area contributed by atoms with E-state index in [2.05, 4.69) is 20.6 Å². The molecule has 0 spiro atoms. The number of carbonyl (C=O) groups excluding carboxylic acids is 2. The second kappa shape index (κ2) is 8.51. The van der Waals surface area contributed by atoms with Crippen molar-refractivity contribution in [3.05, 3.63) is 47.2 Å². The van der Waals surface area contributed by atoms with Gasteiger partial charge >= 0.3 is 0 Å². The van der Waals surface area contributed by atoms with Crippen LogP contribution in [-0.4, -0.2) is 49.0 Å². The van der Waals surface area contributed by atoms with Crippen molar-refractivity contribution in [2.24, 2.45) is 0 Å². The molecule has 1 fully saturated rings. The third-order valence-corrected chi connectivity index (χ3v) is 7.31. The molecule has 1 aliphatic rings. The molecule has 1 unspecified atom stereocenters. The minimum atomic E-state index is -3.94. The molecule has 1 aliphatic carbocycles. The fourth-order valence-electron chi connectivity index (χ4n) is 3.09. The van der Waals surface area contributed by atoms with Crippen LogP contribution in [0.1, 0.15) is 23.1 Å². The minimum Gasteiger partial charge on any atom is -0.352 e. The molecule has 0 bridgehead atoms. The summed E-state index contributed by atoms with van der Waals surface area (Å²) in [5.74, 6) is -2.65. The molecule has 2 aromatic heterocycles. The number of halogens is 2. The van der Waals surface area contributed by atoms with Gasteiger partial charge in [0.25, 0.3) is 0 Å². The topological polar surface area (TPSA) is 118 Å². The highest BCUT2D eigenvalue weighted by Gasteiger charge is 2.34. The Morgan fingerprint density at radius 3 is 2.62 bits per heavy atom. The van der Waals surface area contributed by atoms with E-state index in [0.29, 0.717) is 10.3 Å². The SMILES string of the molecule is CS(=O)(=O)C(C(=O)NCC(=O)NC1CC1)c1nc2cc(F)c(-c3ccc(F)nc3)cc2s1. The van der Waals surface area contributed by atoms with E-state index in [4.69, 9.17) is 0 Å². The van der Waals surface area contributed by atoms with Crippen molar-refractivity contribution in [1.29, 1.82) is 0 Å². The number of amides is 2. The maximum Gasteiger partial charge on any atom is 0.245 e. The van der Waals surface area contributed by atoms with Gasteiger partial charge in [0.1, 0.15) is 10.8 Å². The summed E-state index contributed by atoms with van der Waals surface area (Å²) in [7, 11) is -3.94. The summed E-state index contributed by atoms with van der Waals surface area (Å²) in [4.78, 5) is 32.1. The van der Waals surface area contributed by atoms with E-state index in [-0.39, 0.29) is 28.7 Å². The van der Waals surface area contributed by atoms with Crippen LogP contribution >= 0.6 is 11.3 Å². The van der Waals surface area contributed by atoms with Gasteiger partial charge < -0.3 is 10.6 Å². The first-order chi connectivity index (χ1) is 15.1. The Morgan fingerprint density at radius 2 is 2.00 bits per heavy atom. The van der Waals surface area contributed by atoms with Crippen LogP contribution in [0, 0.1) is 11.8 Å². The lowest BCUT2D eigenvalue weighted by atomic mass is 10.1. The number of aromatic nitrogens is 2. The molecule has 32 heavy (non-hydrogen) atoms. The molecule has 2 amide bonds. The molecular formula is C20H18F2N4O4S2. The first-order valence-corrected chi connectivity index (χ1v) is 12.4. The van der Waals surface area contributed by atoms with Gasteiger partial charge in [-0.1, -0.05) is 0 Å². The molecule has 8 nitrogen and oxygen atoms in total. The van der Waals surface area contributed by atoms with Gasteiger partial charge in [-0.05, 0) is 31.0 Å². The van der Waals surface area contributed by atoms with E-state index in [9.17, 15) is 26.8 Å². The lowest BCUT2D eigenvalue weighted by Gasteiger charge is -2.12. The van der Waals surface area contributed by atoms with E-state index in [0.717, 1.165) is 42.6 Å². The first-order valence-electron chi connectivity index (χ1n) is 9.59. The fourth-order valence-corrected chi connectivity index (χ4v) is 5.62. The van der Waals surface area contributed by atoms with Gasteiger partial charge in [-0.25, -0.2) is 22.8 Å². The van der Waals surface area contributed by atoms with E-state index < -0.39 is 38.7 Å². The Balaban J connectivity index is 1.63. The number of hydrogen-bond acceptors (Lipinski definition) is 7. The number of nitrogens with one attached hydrogen (secondary N) is 2.